The summed E-state index contributed by atoms with van der Waals surface area (Å²) in [7, 11) is 0. The Kier molecular flexibility index (Phi) is 6.65. The van der Waals surface area contributed by atoms with Gasteiger partial charge in [0.1, 0.15) is 5.82 Å². The second-order valence-electron chi connectivity index (χ2n) is 9.88. The van der Waals surface area contributed by atoms with Gasteiger partial charge in [-0.3, -0.25) is 4.79 Å². The van der Waals surface area contributed by atoms with Crippen molar-refractivity contribution in [3.8, 4) is 0 Å². The Morgan fingerprint density at radius 2 is 1.91 bits per heavy atom. The number of nitrogens with zero attached hydrogens (tertiary/aromatic N) is 2. The summed E-state index contributed by atoms with van der Waals surface area (Å²) in [6.07, 6.45) is 8.04. The van der Waals surface area contributed by atoms with E-state index in [1.165, 1.54) is 5.56 Å². The van der Waals surface area contributed by atoms with E-state index in [0.29, 0.717) is 12.5 Å². The number of hydrogen-bond acceptors (Lipinski definition) is 5. The van der Waals surface area contributed by atoms with Crippen molar-refractivity contribution in [2.24, 2.45) is 5.92 Å². The van der Waals surface area contributed by atoms with Crippen LogP contribution < -0.4 is 10.2 Å². The zero-order valence-corrected chi connectivity index (χ0v) is 19.8. The number of nitrogens with one attached hydrogen (secondary N) is 1. The van der Waals surface area contributed by atoms with E-state index in [1.807, 2.05) is 11.0 Å². The number of aromatic nitrogens is 1. The Morgan fingerprint density at radius 3 is 2.67 bits per heavy atom. The summed E-state index contributed by atoms with van der Waals surface area (Å²) >= 11 is 0. The van der Waals surface area contributed by atoms with Gasteiger partial charge in [0, 0.05) is 30.9 Å². The number of amides is 1. The van der Waals surface area contributed by atoms with Gasteiger partial charge >= 0.3 is 0 Å². The first-order chi connectivity index (χ1) is 16.1. The lowest BCUT2D eigenvalue weighted by atomic mass is 9.86. The molecule has 1 saturated heterocycles. The Labute approximate surface area is 196 Å². The second kappa shape index (κ2) is 9.82. The van der Waals surface area contributed by atoms with Gasteiger partial charge in [0.05, 0.1) is 30.1 Å². The maximum Gasteiger partial charge on any atom is 0.230 e. The minimum Gasteiger partial charge on any atom is -0.381 e. The predicted molar refractivity (Wildman–Crippen MR) is 130 cm³/mol. The van der Waals surface area contributed by atoms with Gasteiger partial charge in [-0.2, -0.15) is 0 Å². The Balaban J connectivity index is 1.43. The van der Waals surface area contributed by atoms with Gasteiger partial charge < -0.3 is 19.7 Å². The van der Waals surface area contributed by atoms with Crippen molar-refractivity contribution in [1.29, 1.82) is 0 Å². The highest BCUT2D eigenvalue weighted by atomic mass is 16.5. The van der Waals surface area contributed by atoms with Gasteiger partial charge in [-0.25, -0.2) is 4.98 Å². The highest BCUT2D eigenvalue weighted by Gasteiger charge is 2.33. The Bertz CT molecular complexity index is 978. The number of hydrogen-bond donors (Lipinski definition) is 1. The van der Waals surface area contributed by atoms with Crippen molar-refractivity contribution >= 4 is 23.1 Å². The highest BCUT2D eigenvalue weighted by Crippen LogP contribution is 2.40. The number of carbonyl (C=O) groups is 1. The molecule has 1 saturated carbocycles. The van der Waals surface area contributed by atoms with Gasteiger partial charge in [-0.05, 0) is 82.1 Å². The molecule has 1 amide bonds. The van der Waals surface area contributed by atoms with Crippen LogP contribution in [0.2, 0.25) is 0 Å². The molecule has 33 heavy (non-hydrogen) atoms. The molecule has 3 aliphatic rings. The van der Waals surface area contributed by atoms with Gasteiger partial charge in [0.25, 0.3) is 0 Å². The first kappa shape index (κ1) is 22.4. The summed E-state index contributed by atoms with van der Waals surface area (Å²) in [6.45, 7) is 6.32. The Hall–Kier alpha value is -2.44. The smallest absolute Gasteiger partial charge is 0.230 e. The average Bonchev–Trinajstić information content (AvgIpc) is 3.00. The molecule has 0 spiro atoms. The fraction of sp³-hybridized carbons (Fsp3) is 0.556. The van der Waals surface area contributed by atoms with Crippen molar-refractivity contribution in [1.82, 2.24) is 4.98 Å². The molecule has 176 valence electrons. The van der Waals surface area contributed by atoms with E-state index in [4.69, 9.17) is 9.47 Å². The van der Waals surface area contributed by atoms with Gasteiger partial charge in [-0.1, -0.05) is 12.1 Å². The SMILES string of the molecule is CC(C)OC1CCC(C(=O)N2Cc3cccnc3Nc3ccc(C4CCOCC4)cc32)CC1. The number of rotatable bonds is 4. The molecule has 0 atom stereocenters. The number of pyridine rings is 1. The maximum atomic E-state index is 13.9. The monoisotopic (exact) mass is 449 g/mol. The first-order valence-electron chi connectivity index (χ1n) is 12.5. The van der Waals surface area contributed by atoms with E-state index in [9.17, 15) is 4.79 Å². The van der Waals surface area contributed by atoms with Gasteiger partial charge in [-0.15, -0.1) is 0 Å². The van der Waals surface area contributed by atoms with Crippen LogP contribution in [0.3, 0.4) is 0 Å². The molecule has 5 rings (SSSR count). The van der Waals surface area contributed by atoms with Crippen molar-refractivity contribution in [3.05, 3.63) is 47.7 Å². The van der Waals surface area contributed by atoms with Crippen molar-refractivity contribution in [3.63, 3.8) is 0 Å². The topological polar surface area (TPSA) is 63.7 Å². The van der Waals surface area contributed by atoms with E-state index in [0.717, 1.165) is 74.5 Å². The molecule has 2 fully saturated rings. The third-order valence-corrected chi connectivity index (χ3v) is 7.23. The fourth-order valence-corrected chi connectivity index (χ4v) is 5.47. The summed E-state index contributed by atoms with van der Waals surface area (Å²) in [6, 6.07) is 10.6. The molecule has 3 heterocycles. The van der Waals surface area contributed by atoms with Crippen LogP contribution in [0.5, 0.6) is 0 Å². The van der Waals surface area contributed by atoms with E-state index in [-0.39, 0.29) is 24.0 Å². The highest BCUT2D eigenvalue weighted by molar-refractivity contribution is 5.99. The van der Waals surface area contributed by atoms with Crippen LogP contribution in [0, 0.1) is 5.92 Å². The summed E-state index contributed by atoms with van der Waals surface area (Å²) in [5.41, 5.74) is 4.27. The molecule has 2 aliphatic heterocycles. The largest absolute Gasteiger partial charge is 0.381 e. The molecule has 1 aliphatic carbocycles. The molecule has 1 aromatic carbocycles. The van der Waals surface area contributed by atoms with Crippen molar-refractivity contribution in [2.75, 3.05) is 23.4 Å². The molecular weight excluding hydrogens is 414 g/mol. The van der Waals surface area contributed by atoms with Gasteiger partial charge in [0.2, 0.25) is 5.91 Å². The lowest BCUT2D eigenvalue weighted by molar-refractivity contribution is -0.124. The van der Waals surface area contributed by atoms with E-state index in [2.05, 4.69) is 48.4 Å². The minimum absolute atomic E-state index is 0.0369. The molecule has 0 radical (unpaired) electrons. The molecule has 6 heteroatoms. The number of anilines is 3. The number of carbonyl (C=O) groups excluding carboxylic acids is 1. The molecule has 2 aromatic rings. The standard InChI is InChI=1S/C27H35N3O3/c1-18(2)33-23-8-5-20(6-9-23)27(31)30-17-22-4-3-13-28-26(22)29-24-10-7-21(16-25(24)30)19-11-14-32-15-12-19/h3-4,7,10,13,16,18-20,23H,5-6,8-9,11-12,14-15,17H2,1-2H3,(H,28,29). The lowest BCUT2D eigenvalue weighted by Crippen LogP contribution is -2.38. The molecule has 6 nitrogen and oxygen atoms in total. The van der Waals surface area contributed by atoms with Crippen molar-refractivity contribution in [2.45, 2.75) is 77.0 Å². The summed E-state index contributed by atoms with van der Waals surface area (Å²) < 4.78 is 11.6. The average molecular weight is 450 g/mol. The Morgan fingerprint density at radius 1 is 1.12 bits per heavy atom. The summed E-state index contributed by atoms with van der Waals surface area (Å²) in [4.78, 5) is 20.5. The fourth-order valence-electron chi connectivity index (χ4n) is 5.47. The zero-order chi connectivity index (χ0) is 22.8. The van der Waals surface area contributed by atoms with Crippen LogP contribution in [0.15, 0.2) is 36.5 Å². The molecule has 1 N–H and O–H groups in total. The molecule has 0 bridgehead atoms. The lowest BCUT2D eigenvalue weighted by Gasteiger charge is -2.33. The molecule has 1 aromatic heterocycles. The van der Waals surface area contributed by atoms with Crippen LogP contribution in [0.4, 0.5) is 17.2 Å². The molecule has 0 unspecified atom stereocenters. The minimum atomic E-state index is 0.0369. The van der Waals surface area contributed by atoms with Crippen molar-refractivity contribution < 1.29 is 14.3 Å². The second-order valence-corrected chi connectivity index (χ2v) is 9.88. The normalized spacial score (nSPS) is 23.4. The molecular formula is C27H35N3O3. The number of ether oxygens (including phenoxy) is 2. The van der Waals surface area contributed by atoms with E-state index in [1.54, 1.807) is 6.20 Å². The first-order valence-corrected chi connectivity index (χ1v) is 12.5. The summed E-state index contributed by atoms with van der Waals surface area (Å²) in [5, 5.41) is 3.50. The van der Waals surface area contributed by atoms with Crippen LogP contribution in [-0.2, 0) is 20.8 Å². The van der Waals surface area contributed by atoms with Gasteiger partial charge in [0.15, 0.2) is 0 Å². The van der Waals surface area contributed by atoms with E-state index < -0.39 is 0 Å². The number of benzene rings is 1. The van der Waals surface area contributed by atoms with Crippen LogP contribution >= 0.6 is 0 Å². The van der Waals surface area contributed by atoms with Crippen LogP contribution in [0.25, 0.3) is 0 Å². The maximum absolute atomic E-state index is 13.9. The van der Waals surface area contributed by atoms with E-state index >= 15 is 0 Å². The summed E-state index contributed by atoms with van der Waals surface area (Å²) in [5.74, 6) is 1.58. The quantitative estimate of drug-likeness (QED) is 0.663. The third kappa shape index (κ3) is 4.92. The van der Waals surface area contributed by atoms with Crippen LogP contribution in [0.1, 0.15) is 69.4 Å². The zero-order valence-electron chi connectivity index (χ0n) is 19.8. The third-order valence-electron chi connectivity index (χ3n) is 7.23. The predicted octanol–water partition coefficient (Wildman–Crippen LogP) is 5.55. The van der Waals surface area contributed by atoms with Crippen LogP contribution in [-0.4, -0.2) is 36.3 Å². The number of fused-ring (bicyclic) bond motifs is 2.